The van der Waals surface area contributed by atoms with Gasteiger partial charge in [-0.1, -0.05) is 0 Å². The molecule has 16 heavy (non-hydrogen) atoms. The van der Waals surface area contributed by atoms with Crippen LogP contribution in [0.5, 0.6) is 0 Å². The fraction of sp³-hybridized carbons (Fsp3) is 0.364. The van der Waals surface area contributed by atoms with Crippen molar-refractivity contribution in [2.24, 2.45) is 5.73 Å². The van der Waals surface area contributed by atoms with Gasteiger partial charge in [-0.2, -0.15) is 0 Å². The Morgan fingerprint density at radius 1 is 1.44 bits per heavy atom. The van der Waals surface area contributed by atoms with Crippen LogP contribution in [-0.4, -0.2) is 25.2 Å². The van der Waals surface area contributed by atoms with Gasteiger partial charge >= 0.3 is 6.03 Å². The molecule has 1 fully saturated rings. The average Bonchev–Trinajstić information content (AvgIpc) is 2.61. The highest BCUT2D eigenvalue weighted by atomic mass is 19.1. The maximum absolute atomic E-state index is 12.7. The van der Waals surface area contributed by atoms with E-state index in [-0.39, 0.29) is 17.9 Å². The van der Waals surface area contributed by atoms with Gasteiger partial charge in [0.1, 0.15) is 5.82 Å². The van der Waals surface area contributed by atoms with Gasteiger partial charge in [0.05, 0.1) is 0 Å². The number of nitrogens with one attached hydrogen (secondary N) is 1. The molecule has 4 nitrogen and oxygen atoms in total. The molecule has 1 saturated heterocycles. The lowest BCUT2D eigenvalue weighted by atomic mass is 10.2. The zero-order chi connectivity index (χ0) is 11.5. The molecule has 0 spiro atoms. The molecular formula is C11H14FN3O. The molecule has 2 amide bonds. The van der Waals surface area contributed by atoms with E-state index in [2.05, 4.69) is 5.32 Å². The van der Waals surface area contributed by atoms with Gasteiger partial charge < -0.3 is 11.1 Å². The first kappa shape index (κ1) is 10.9. The molecular weight excluding hydrogens is 209 g/mol. The number of hydrogen-bond donors (Lipinski definition) is 2. The lowest BCUT2D eigenvalue weighted by Gasteiger charge is -2.14. The van der Waals surface area contributed by atoms with Gasteiger partial charge in [-0.05, 0) is 37.2 Å². The van der Waals surface area contributed by atoms with Crippen LogP contribution < -0.4 is 16.0 Å². The van der Waals surface area contributed by atoms with Gasteiger partial charge in [0.2, 0.25) is 0 Å². The molecule has 1 unspecified atom stereocenters. The van der Waals surface area contributed by atoms with Crippen molar-refractivity contribution in [1.82, 2.24) is 5.32 Å². The number of anilines is 1. The van der Waals surface area contributed by atoms with E-state index in [0.717, 1.165) is 6.42 Å². The number of nitrogens with zero attached hydrogens (tertiary/aromatic N) is 1. The van der Waals surface area contributed by atoms with Crippen LogP contribution in [-0.2, 0) is 0 Å². The Morgan fingerprint density at radius 2 is 2.12 bits per heavy atom. The van der Waals surface area contributed by atoms with E-state index in [9.17, 15) is 9.18 Å². The fourth-order valence-electron chi connectivity index (χ4n) is 1.81. The molecule has 1 heterocycles. The molecule has 5 heteroatoms. The summed E-state index contributed by atoms with van der Waals surface area (Å²) in [6.07, 6.45) is 0.753. The number of nitrogens with two attached hydrogens (primary N) is 1. The zero-order valence-electron chi connectivity index (χ0n) is 8.82. The molecule has 1 aliphatic rings. The minimum atomic E-state index is -0.304. The number of benzene rings is 1. The molecule has 3 N–H and O–H groups in total. The number of amides is 2. The van der Waals surface area contributed by atoms with Gasteiger partial charge in [0, 0.05) is 18.3 Å². The molecule has 0 bridgehead atoms. The van der Waals surface area contributed by atoms with Gasteiger partial charge in [-0.3, -0.25) is 4.90 Å². The quantitative estimate of drug-likeness (QED) is 0.805. The molecule has 1 aromatic rings. The topological polar surface area (TPSA) is 58.4 Å². The van der Waals surface area contributed by atoms with Crippen LogP contribution in [0, 0.1) is 5.82 Å². The Bertz CT molecular complexity index is 379. The summed E-state index contributed by atoms with van der Waals surface area (Å²) in [5, 5.41) is 2.83. The highest BCUT2D eigenvalue weighted by Gasteiger charge is 2.28. The van der Waals surface area contributed by atoms with E-state index in [1.165, 1.54) is 12.1 Å². The number of carbonyl (C=O) groups excluding carboxylic acids is 1. The third-order valence-corrected chi connectivity index (χ3v) is 2.63. The lowest BCUT2D eigenvalue weighted by molar-refractivity contribution is 0.250. The second-order valence-electron chi connectivity index (χ2n) is 3.81. The highest BCUT2D eigenvalue weighted by Crippen LogP contribution is 2.19. The number of halogens is 1. The number of carbonyl (C=O) groups is 1. The molecule has 0 saturated carbocycles. The monoisotopic (exact) mass is 223 g/mol. The number of rotatable bonds is 3. The Kier molecular flexibility index (Phi) is 3.05. The lowest BCUT2D eigenvalue weighted by Crippen LogP contribution is -2.29. The van der Waals surface area contributed by atoms with Crippen LogP contribution in [0.3, 0.4) is 0 Å². The van der Waals surface area contributed by atoms with Crippen molar-refractivity contribution in [2.75, 3.05) is 18.0 Å². The summed E-state index contributed by atoms with van der Waals surface area (Å²) in [5.74, 6) is -0.304. The summed E-state index contributed by atoms with van der Waals surface area (Å²) >= 11 is 0. The van der Waals surface area contributed by atoms with E-state index in [1.54, 1.807) is 17.0 Å². The summed E-state index contributed by atoms with van der Waals surface area (Å²) in [5.41, 5.74) is 6.15. The van der Waals surface area contributed by atoms with Crippen molar-refractivity contribution in [2.45, 2.75) is 12.5 Å². The fourth-order valence-corrected chi connectivity index (χ4v) is 1.81. The predicted octanol–water partition coefficient (Wildman–Crippen LogP) is 1.07. The summed E-state index contributed by atoms with van der Waals surface area (Å²) in [4.78, 5) is 13.2. The van der Waals surface area contributed by atoms with Crippen LogP contribution in [0.4, 0.5) is 14.9 Å². The zero-order valence-corrected chi connectivity index (χ0v) is 8.82. The Morgan fingerprint density at radius 3 is 2.75 bits per heavy atom. The maximum atomic E-state index is 12.7. The van der Waals surface area contributed by atoms with Gasteiger partial charge in [0.15, 0.2) is 0 Å². The van der Waals surface area contributed by atoms with E-state index in [4.69, 9.17) is 5.73 Å². The van der Waals surface area contributed by atoms with E-state index >= 15 is 0 Å². The summed E-state index contributed by atoms with van der Waals surface area (Å²) < 4.78 is 12.7. The third kappa shape index (κ3) is 2.14. The van der Waals surface area contributed by atoms with Gasteiger partial charge in [0.25, 0.3) is 0 Å². The molecule has 0 radical (unpaired) electrons. The second-order valence-corrected chi connectivity index (χ2v) is 3.81. The molecule has 0 aliphatic carbocycles. The Hall–Kier alpha value is -1.62. The van der Waals surface area contributed by atoms with Crippen LogP contribution in [0.2, 0.25) is 0 Å². The second kappa shape index (κ2) is 4.49. The van der Waals surface area contributed by atoms with Crippen LogP contribution in [0.15, 0.2) is 24.3 Å². The molecule has 0 aromatic heterocycles. The van der Waals surface area contributed by atoms with E-state index in [0.29, 0.717) is 18.8 Å². The van der Waals surface area contributed by atoms with Crippen molar-refractivity contribution >= 4 is 11.7 Å². The third-order valence-electron chi connectivity index (χ3n) is 2.63. The van der Waals surface area contributed by atoms with Crippen molar-refractivity contribution < 1.29 is 9.18 Å². The molecule has 1 atom stereocenters. The Balaban J connectivity index is 2.10. The minimum absolute atomic E-state index is 0.0857. The number of urea groups is 1. The molecule has 86 valence electrons. The predicted molar refractivity (Wildman–Crippen MR) is 59.7 cm³/mol. The first-order valence-corrected chi connectivity index (χ1v) is 5.24. The maximum Gasteiger partial charge on any atom is 0.322 e. The van der Waals surface area contributed by atoms with E-state index in [1.807, 2.05) is 0 Å². The van der Waals surface area contributed by atoms with Gasteiger partial charge in [-0.15, -0.1) is 0 Å². The van der Waals surface area contributed by atoms with Crippen molar-refractivity contribution in [1.29, 1.82) is 0 Å². The van der Waals surface area contributed by atoms with Crippen LogP contribution >= 0.6 is 0 Å². The molecule has 2 rings (SSSR count). The van der Waals surface area contributed by atoms with Crippen LogP contribution in [0.1, 0.15) is 6.42 Å². The van der Waals surface area contributed by atoms with Crippen molar-refractivity contribution in [3.63, 3.8) is 0 Å². The van der Waals surface area contributed by atoms with Crippen molar-refractivity contribution in [3.8, 4) is 0 Å². The van der Waals surface area contributed by atoms with Crippen molar-refractivity contribution in [3.05, 3.63) is 30.1 Å². The Labute approximate surface area is 93.2 Å². The van der Waals surface area contributed by atoms with Gasteiger partial charge in [-0.25, -0.2) is 9.18 Å². The number of hydrogen-bond acceptors (Lipinski definition) is 2. The van der Waals surface area contributed by atoms with E-state index < -0.39 is 0 Å². The van der Waals surface area contributed by atoms with Crippen LogP contribution in [0.25, 0.3) is 0 Å². The molecule has 1 aliphatic heterocycles. The SMILES string of the molecule is NCCC1CN(c2ccc(F)cc2)C(=O)N1. The largest absolute Gasteiger partial charge is 0.333 e. The molecule has 1 aromatic carbocycles. The standard InChI is InChI=1S/C11H14FN3O/c12-8-1-3-10(4-2-8)15-7-9(5-6-13)14-11(15)16/h1-4,9H,5-7,13H2,(H,14,16). The first-order chi connectivity index (χ1) is 7.70. The summed E-state index contributed by atoms with van der Waals surface area (Å²) in [7, 11) is 0. The average molecular weight is 223 g/mol. The first-order valence-electron chi connectivity index (χ1n) is 5.24. The summed E-state index contributed by atoms with van der Waals surface area (Å²) in [6, 6.07) is 5.82. The normalized spacial score (nSPS) is 20.0. The summed E-state index contributed by atoms with van der Waals surface area (Å²) in [6.45, 7) is 1.13. The minimum Gasteiger partial charge on any atom is -0.333 e. The highest BCUT2D eigenvalue weighted by molar-refractivity contribution is 5.94. The smallest absolute Gasteiger partial charge is 0.322 e.